The van der Waals surface area contributed by atoms with E-state index in [1.165, 1.54) is 11.8 Å². The van der Waals surface area contributed by atoms with Gasteiger partial charge >= 0.3 is 5.97 Å². The SMILES string of the molecule is CSc1nc(C)c(CCC(=O)OCC(=O)c2ccc(NC(=O)c3ccccc3)cc2)c(C)n1. The predicted octanol–water partition coefficient (Wildman–Crippen LogP) is 4.43. The summed E-state index contributed by atoms with van der Waals surface area (Å²) in [5, 5.41) is 3.48. The number of aryl methyl sites for hydroxylation is 2. The summed E-state index contributed by atoms with van der Waals surface area (Å²) >= 11 is 1.47. The Morgan fingerprint density at radius 1 is 0.909 bits per heavy atom. The molecule has 8 heteroatoms. The maximum absolute atomic E-state index is 12.4. The van der Waals surface area contributed by atoms with Gasteiger partial charge in [0.1, 0.15) is 0 Å². The van der Waals surface area contributed by atoms with Gasteiger partial charge < -0.3 is 10.1 Å². The first-order valence-electron chi connectivity index (χ1n) is 10.4. The Bertz CT molecular complexity index is 1130. The summed E-state index contributed by atoms with van der Waals surface area (Å²) in [5.41, 5.74) is 4.11. The second-order valence-electron chi connectivity index (χ2n) is 7.34. The number of nitrogens with one attached hydrogen (secondary N) is 1. The molecule has 7 nitrogen and oxygen atoms in total. The van der Waals surface area contributed by atoms with Gasteiger partial charge in [-0.25, -0.2) is 9.97 Å². The van der Waals surface area contributed by atoms with Crippen LogP contribution in [0.4, 0.5) is 5.69 Å². The molecule has 3 rings (SSSR count). The first kappa shape index (κ1) is 24.1. The highest BCUT2D eigenvalue weighted by Gasteiger charge is 2.14. The van der Waals surface area contributed by atoms with Crippen LogP contribution in [0.25, 0.3) is 0 Å². The van der Waals surface area contributed by atoms with Crippen LogP contribution in [0.15, 0.2) is 59.8 Å². The molecule has 1 aromatic heterocycles. The fourth-order valence-corrected chi connectivity index (χ4v) is 3.68. The van der Waals surface area contributed by atoms with Crippen LogP contribution >= 0.6 is 11.8 Å². The average Bonchev–Trinajstić information content (AvgIpc) is 2.82. The molecule has 3 aromatic rings. The Kier molecular flexibility index (Phi) is 8.32. The molecular formula is C25H25N3O4S. The lowest BCUT2D eigenvalue weighted by Gasteiger charge is -2.10. The van der Waals surface area contributed by atoms with Crippen molar-refractivity contribution in [1.82, 2.24) is 9.97 Å². The van der Waals surface area contributed by atoms with Crippen molar-refractivity contribution >= 4 is 35.1 Å². The van der Waals surface area contributed by atoms with E-state index in [2.05, 4.69) is 15.3 Å². The van der Waals surface area contributed by atoms with E-state index in [9.17, 15) is 14.4 Å². The third kappa shape index (κ3) is 6.73. The molecular weight excluding hydrogens is 438 g/mol. The monoisotopic (exact) mass is 463 g/mol. The van der Waals surface area contributed by atoms with Gasteiger partial charge in [-0.2, -0.15) is 0 Å². The van der Waals surface area contributed by atoms with Crippen LogP contribution in [0.5, 0.6) is 0 Å². The second kappa shape index (κ2) is 11.4. The number of carbonyl (C=O) groups is 3. The average molecular weight is 464 g/mol. The Labute approximate surface area is 197 Å². The number of esters is 1. The molecule has 0 saturated heterocycles. The number of anilines is 1. The lowest BCUT2D eigenvalue weighted by atomic mass is 10.1. The van der Waals surface area contributed by atoms with Crippen molar-refractivity contribution in [3.63, 3.8) is 0 Å². The standard InChI is InChI=1S/C25H25N3O4S/c1-16-21(17(2)27-25(26-16)33-3)13-14-23(30)32-15-22(29)18-9-11-20(12-10-18)28-24(31)19-7-5-4-6-8-19/h4-12H,13-15H2,1-3H3,(H,28,31). The van der Waals surface area contributed by atoms with Crippen LogP contribution in [0, 0.1) is 13.8 Å². The van der Waals surface area contributed by atoms with E-state index in [0.29, 0.717) is 28.4 Å². The number of Topliss-reactive ketones (excluding diaryl/α,β-unsaturated/α-hetero) is 1. The molecule has 0 aliphatic carbocycles. The van der Waals surface area contributed by atoms with Crippen molar-refractivity contribution in [3.05, 3.63) is 82.7 Å². The molecule has 1 heterocycles. The van der Waals surface area contributed by atoms with E-state index in [0.717, 1.165) is 17.0 Å². The molecule has 1 N–H and O–H groups in total. The molecule has 0 bridgehead atoms. The maximum atomic E-state index is 12.4. The zero-order valence-electron chi connectivity index (χ0n) is 18.8. The van der Waals surface area contributed by atoms with Crippen LogP contribution in [-0.2, 0) is 16.0 Å². The van der Waals surface area contributed by atoms with E-state index in [4.69, 9.17) is 4.74 Å². The highest BCUT2D eigenvalue weighted by atomic mass is 32.2. The number of carbonyl (C=O) groups excluding carboxylic acids is 3. The molecule has 33 heavy (non-hydrogen) atoms. The highest BCUT2D eigenvalue weighted by molar-refractivity contribution is 7.98. The van der Waals surface area contributed by atoms with Crippen LogP contribution in [0.1, 0.15) is 44.1 Å². The highest BCUT2D eigenvalue weighted by Crippen LogP contribution is 2.17. The van der Waals surface area contributed by atoms with Gasteiger partial charge in [-0.05, 0) is 68.5 Å². The number of ether oxygens (including phenoxy) is 1. The van der Waals surface area contributed by atoms with E-state index in [-0.39, 0.29) is 24.7 Å². The number of hydrogen-bond donors (Lipinski definition) is 1. The number of ketones is 1. The summed E-state index contributed by atoms with van der Waals surface area (Å²) in [6, 6.07) is 15.3. The normalized spacial score (nSPS) is 10.5. The number of rotatable bonds is 9. The van der Waals surface area contributed by atoms with Crippen LogP contribution < -0.4 is 5.32 Å². The molecule has 0 saturated carbocycles. The van der Waals surface area contributed by atoms with Crippen molar-refractivity contribution in [1.29, 1.82) is 0 Å². The minimum Gasteiger partial charge on any atom is -0.457 e. The van der Waals surface area contributed by atoms with Crippen molar-refractivity contribution in [3.8, 4) is 0 Å². The molecule has 0 radical (unpaired) electrons. The van der Waals surface area contributed by atoms with Gasteiger partial charge in [0.2, 0.25) is 0 Å². The van der Waals surface area contributed by atoms with E-state index < -0.39 is 5.97 Å². The largest absolute Gasteiger partial charge is 0.457 e. The fraction of sp³-hybridized carbons (Fsp3) is 0.240. The van der Waals surface area contributed by atoms with Crippen LogP contribution in [0.2, 0.25) is 0 Å². The van der Waals surface area contributed by atoms with E-state index >= 15 is 0 Å². The zero-order valence-corrected chi connectivity index (χ0v) is 19.6. The van der Waals surface area contributed by atoms with Gasteiger partial charge in [-0.1, -0.05) is 30.0 Å². The Morgan fingerprint density at radius 2 is 1.55 bits per heavy atom. The molecule has 0 spiro atoms. The Hall–Kier alpha value is -3.52. The summed E-state index contributed by atoms with van der Waals surface area (Å²) < 4.78 is 5.15. The smallest absolute Gasteiger partial charge is 0.306 e. The summed E-state index contributed by atoms with van der Waals surface area (Å²) in [4.78, 5) is 45.5. The molecule has 0 atom stereocenters. The van der Waals surface area contributed by atoms with Crippen molar-refractivity contribution in [2.45, 2.75) is 31.8 Å². The maximum Gasteiger partial charge on any atom is 0.306 e. The minimum atomic E-state index is -0.456. The fourth-order valence-electron chi connectivity index (χ4n) is 3.22. The lowest BCUT2D eigenvalue weighted by Crippen LogP contribution is -2.15. The van der Waals surface area contributed by atoms with Gasteiger partial charge in [-0.15, -0.1) is 0 Å². The van der Waals surface area contributed by atoms with Crippen molar-refractivity contribution in [2.24, 2.45) is 0 Å². The summed E-state index contributed by atoms with van der Waals surface area (Å²) in [6.45, 7) is 3.45. The number of hydrogen-bond acceptors (Lipinski definition) is 7. The second-order valence-corrected chi connectivity index (χ2v) is 8.11. The first-order valence-corrected chi connectivity index (χ1v) is 11.6. The molecule has 0 aliphatic rings. The number of thioether (sulfide) groups is 1. The van der Waals surface area contributed by atoms with Crippen molar-refractivity contribution in [2.75, 3.05) is 18.2 Å². The molecule has 170 valence electrons. The summed E-state index contributed by atoms with van der Waals surface area (Å²) in [7, 11) is 0. The van der Waals surface area contributed by atoms with Gasteiger partial charge in [0, 0.05) is 34.6 Å². The topological polar surface area (TPSA) is 98.2 Å². The number of nitrogens with zero attached hydrogens (tertiary/aromatic N) is 2. The summed E-state index contributed by atoms with van der Waals surface area (Å²) in [5.74, 6) is -1.00. The Morgan fingerprint density at radius 3 is 2.15 bits per heavy atom. The Balaban J connectivity index is 1.48. The summed E-state index contributed by atoms with van der Waals surface area (Å²) in [6.07, 6.45) is 2.51. The van der Waals surface area contributed by atoms with Gasteiger partial charge in [-0.3, -0.25) is 14.4 Å². The first-order chi connectivity index (χ1) is 15.9. The van der Waals surface area contributed by atoms with E-state index in [1.54, 1.807) is 48.5 Å². The number of aromatic nitrogens is 2. The molecule has 0 unspecified atom stereocenters. The third-order valence-electron chi connectivity index (χ3n) is 5.03. The quantitative estimate of drug-likeness (QED) is 0.217. The van der Waals surface area contributed by atoms with Crippen molar-refractivity contribution < 1.29 is 19.1 Å². The number of benzene rings is 2. The molecule has 0 fully saturated rings. The van der Waals surface area contributed by atoms with Gasteiger partial charge in [0.05, 0.1) is 0 Å². The predicted molar refractivity (Wildman–Crippen MR) is 128 cm³/mol. The number of amides is 1. The van der Waals surface area contributed by atoms with Crippen LogP contribution in [-0.4, -0.2) is 40.5 Å². The minimum absolute atomic E-state index is 0.140. The molecule has 0 aliphatic heterocycles. The zero-order chi connectivity index (χ0) is 23.8. The third-order valence-corrected chi connectivity index (χ3v) is 5.57. The molecule has 2 aromatic carbocycles. The van der Waals surface area contributed by atoms with E-state index in [1.807, 2.05) is 26.2 Å². The van der Waals surface area contributed by atoms with Gasteiger partial charge in [0.25, 0.3) is 5.91 Å². The lowest BCUT2D eigenvalue weighted by molar-refractivity contribution is -0.142. The van der Waals surface area contributed by atoms with Crippen LogP contribution in [0.3, 0.4) is 0 Å². The van der Waals surface area contributed by atoms with Gasteiger partial charge in [0.15, 0.2) is 17.5 Å². The molecule has 1 amide bonds.